The molecule has 0 aliphatic carbocycles. The lowest BCUT2D eigenvalue weighted by atomic mass is 9.77. The van der Waals surface area contributed by atoms with E-state index in [-0.39, 0.29) is 19.0 Å². The number of ether oxygens (including phenoxy) is 1. The van der Waals surface area contributed by atoms with Gasteiger partial charge in [-0.1, -0.05) is 0 Å². The number of likely N-dealkylation sites (tertiary alicyclic amines) is 1. The monoisotopic (exact) mass is 349 g/mol. The third kappa shape index (κ3) is 5.24. The topological polar surface area (TPSA) is 83.0 Å². The Hall–Kier alpha value is -1.99. The summed E-state index contributed by atoms with van der Waals surface area (Å²) in [5, 5.41) is 9.68. The zero-order valence-electron chi connectivity index (χ0n) is 15.0. The highest BCUT2D eigenvalue weighted by atomic mass is 16.5. The van der Waals surface area contributed by atoms with E-state index in [1.807, 2.05) is 24.1 Å². The molecule has 1 amide bonds. The van der Waals surface area contributed by atoms with Crippen molar-refractivity contribution in [1.29, 1.82) is 0 Å². The van der Waals surface area contributed by atoms with Gasteiger partial charge in [0.1, 0.15) is 0 Å². The zero-order valence-corrected chi connectivity index (χ0v) is 15.0. The Morgan fingerprint density at radius 2 is 2.12 bits per heavy atom. The van der Waals surface area contributed by atoms with Crippen LogP contribution in [0.2, 0.25) is 0 Å². The van der Waals surface area contributed by atoms with Crippen molar-refractivity contribution in [2.45, 2.75) is 25.8 Å². The summed E-state index contributed by atoms with van der Waals surface area (Å²) < 4.78 is 5.07. The average molecular weight is 349 g/mol. The predicted octanol–water partition coefficient (Wildman–Crippen LogP) is 1.24. The van der Waals surface area contributed by atoms with Gasteiger partial charge in [0.15, 0.2) is 0 Å². The number of carboxylic acids is 1. The molecule has 0 unspecified atom stereocenters. The molecule has 1 saturated heterocycles. The highest BCUT2D eigenvalue weighted by Gasteiger charge is 2.43. The van der Waals surface area contributed by atoms with Gasteiger partial charge >= 0.3 is 5.97 Å². The van der Waals surface area contributed by atoms with E-state index in [2.05, 4.69) is 4.98 Å². The van der Waals surface area contributed by atoms with E-state index >= 15 is 0 Å². The van der Waals surface area contributed by atoms with Crippen LogP contribution in [-0.2, 0) is 20.9 Å². The molecule has 2 rings (SSSR count). The highest BCUT2D eigenvalue weighted by molar-refractivity contribution is 5.81. The fourth-order valence-electron chi connectivity index (χ4n) is 3.31. The number of rotatable bonds is 8. The Balaban J connectivity index is 1.95. The first-order valence-electron chi connectivity index (χ1n) is 8.54. The number of amides is 1. The van der Waals surface area contributed by atoms with Gasteiger partial charge in [0.05, 0.1) is 12.0 Å². The summed E-state index contributed by atoms with van der Waals surface area (Å²) in [7, 11) is 3.45. The van der Waals surface area contributed by atoms with Gasteiger partial charge in [0.25, 0.3) is 0 Å². The van der Waals surface area contributed by atoms with Gasteiger partial charge in [-0.3, -0.25) is 19.5 Å². The van der Waals surface area contributed by atoms with Crippen LogP contribution in [0.5, 0.6) is 0 Å². The largest absolute Gasteiger partial charge is 0.481 e. The first-order valence-corrected chi connectivity index (χ1v) is 8.54. The molecule has 1 N–H and O–H groups in total. The molecule has 1 aromatic rings. The van der Waals surface area contributed by atoms with Gasteiger partial charge in [0, 0.05) is 45.7 Å². The van der Waals surface area contributed by atoms with Gasteiger partial charge in [-0.2, -0.15) is 0 Å². The van der Waals surface area contributed by atoms with E-state index in [0.29, 0.717) is 39.0 Å². The highest BCUT2D eigenvalue weighted by Crippen LogP contribution is 2.34. The number of carboxylic acid groups (broad SMARTS) is 1. The quantitative estimate of drug-likeness (QED) is 0.760. The van der Waals surface area contributed by atoms with Gasteiger partial charge in [-0.05, 0) is 44.0 Å². The molecule has 1 aromatic heterocycles. The van der Waals surface area contributed by atoms with E-state index in [1.54, 1.807) is 24.4 Å². The number of nitrogens with zero attached hydrogens (tertiary/aromatic N) is 3. The molecule has 0 radical (unpaired) electrons. The molecular formula is C18H27N3O4. The van der Waals surface area contributed by atoms with E-state index in [0.717, 1.165) is 5.56 Å². The SMILES string of the molecule is COCC[C@]1(C(=O)O)CCCN(C(=O)CN(C)Cc2ccncc2)C1. The number of piperidine rings is 1. The van der Waals surface area contributed by atoms with Gasteiger partial charge in [-0.25, -0.2) is 0 Å². The maximum atomic E-state index is 12.6. The molecule has 0 aromatic carbocycles. The fourth-order valence-corrected chi connectivity index (χ4v) is 3.31. The van der Waals surface area contributed by atoms with Crippen molar-refractivity contribution >= 4 is 11.9 Å². The van der Waals surface area contributed by atoms with Crippen LogP contribution in [0.4, 0.5) is 0 Å². The Morgan fingerprint density at radius 1 is 1.40 bits per heavy atom. The Kier molecular flexibility index (Phi) is 6.90. The van der Waals surface area contributed by atoms with Crippen molar-refractivity contribution in [3.05, 3.63) is 30.1 Å². The van der Waals surface area contributed by atoms with Crippen molar-refractivity contribution in [2.75, 3.05) is 40.4 Å². The summed E-state index contributed by atoms with van der Waals surface area (Å²) in [4.78, 5) is 32.0. The van der Waals surface area contributed by atoms with Gasteiger partial charge in [0.2, 0.25) is 5.91 Å². The average Bonchev–Trinajstić information content (AvgIpc) is 2.60. The molecule has 25 heavy (non-hydrogen) atoms. The summed E-state index contributed by atoms with van der Waals surface area (Å²) in [6, 6.07) is 3.84. The maximum absolute atomic E-state index is 12.6. The number of aliphatic carboxylic acids is 1. The number of pyridine rings is 1. The maximum Gasteiger partial charge on any atom is 0.311 e. The van der Waals surface area contributed by atoms with Gasteiger partial charge in [-0.15, -0.1) is 0 Å². The lowest BCUT2D eigenvalue weighted by Gasteiger charge is -2.40. The van der Waals surface area contributed by atoms with Crippen LogP contribution < -0.4 is 0 Å². The molecule has 0 saturated carbocycles. The molecule has 1 fully saturated rings. The standard InChI is InChI=1S/C18H27N3O4/c1-20(12-15-4-8-19-9-5-15)13-16(22)21-10-3-6-18(14-21,17(23)24)7-11-25-2/h4-5,8-9H,3,6-7,10-14H2,1-2H3,(H,23,24)/t18-/m1/s1. The second-order valence-corrected chi connectivity index (χ2v) is 6.77. The predicted molar refractivity (Wildman–Crippen MR) is 92.9 cm³/mol. The third-order valence-corrected chi connectivity index (χ3v) is 4.78. The number of likely N-dealkylation sites (N-methyl/N-ethyl adjacent to an activating group) is 1. The molecule has 1 aliphatic rings. The minimum absolute atomic E-state index is 0.0284. The molecule has 138 valence electrons. The number of hydrogen-bond donors (Lipinski definition) is 1. The van der Waals surface area contributed by atoms with E-state index in [1.165, 1.54) is 0 Å². The summed E-state index contributed by atoms with van der Waals surface area (Å²) in [5.41, 5.74) is 0.192. The number of carbonyl (C=O) groups excluding carboxylic acids is 1. The van der Waals surface area contributed by atoms with E-state index < -0.39 is 11.4 Å². The lowest BCUT2D eigenvalue weighted by molar-refractivity contribution is -0.156. The Morgan fingerprint density at radius 3 is 2.76 bits per heavy atom. The van der Waals surface area contributed by atoms with Crippen LogP contribution in [0.15, 0.2) is 24.5 Å². The van der Waals surface area contributed by atoms with Crippen LogP contribution in [-0.4, -0.2) is 72.2 Å². The second-order valence-electron chi connectivity index (χ2n) is 6.77. The van der Waals surface area contributed by atoms with E-state index in [4.69, 9.17) is 4.74 Å². The van der Waals surface area contributed by atoms with Crippen molar-refractivity contribution in [3.63, 3.8) is 0 Å². The number of hydrogen-bond acceptors (Lipinski definition) is 5. The van der Waals surface area contributed by atoms with Crippen LogP contribution in [0.25, 0.3) is 0 Å². The Bertz CT molecular complexity index is 581. The van der Waals surface area contributed by atoms with Crippen LogP contribution in [0.1, 0.15) is 24.8 Å². The minimum atomic E-state index is -0.895. The number of aromatic nitrogens is 1. The molecular weight excluding hydrogens is 322 g/mol. The number of methoxy groups -OCH3 is 1. The molecule has 2 heterocycles. The van der Waals surface area contributed by atoms with Crippen LogP contribution in [0, 0.1) is 5.41 Å². The van der Waals surface area contributed by atoms with E-state index in [9.17, 15) is 14.7 Å². The summed E-state index contributed by atoms with van der Waals surface area (Å²) in [6.07, 6.45) is 5.17. The summed E-state index contributed by atoms with van der Waals surface area (Å²) in [5.74, 6) is -0.869. The summed E-state index contributed by atoms with van der Waals surface area (Å²) in [6.45, 7) is 2.17. The summed E-state index contributed by atoms with van der Waals surface area (Å²) >= 11 is 0. The second kappa shape index (κ2) is 8.92. The third-order valence-electron chi connectivity index (χ3n) is 4.78. The molecule has 7 heteroatoms. The van der Waals surface area contributed by atoms with Gasteiger partial charge < -0.3 is 14.7 Å². The lowest BCUT2D eigenvalue weighted by Crippen LogP contribution is -2.52. The normalized spacial score (nSPS) is 20.7. The molecule has 0 bridgehead atoms. The van der Waals surface area contributed by atoms with Crippen LogP contribution >= 0.6 is 0 Å². The van der Waals surface area contributed by atoms with Crippen molar-refractivity contribution < 1.29 is 19.4 Å². The fraction of sp³-hybridized carbons (Fsp3) is 0.611. The number of carbonyl (C=O) groups is 2. The molecule has 1 atom stereocenters. The first kappa shape index (κ1) is 19.3. The van der Waals surface area contributed by atoms with Crippen molar-refractivity contribution in [3.8, 4) is 0 Å². The van der Waals surface area contributed by atoms with Crippen molar-refractivity contribution in [2.24, 2.45) is 5.41 Å². The Labute approximate surface area is 148 Å². The molecule has 0 spiro atoms. The zero-order chi connectivity index (χ0) is 18.3. The van der Waals surface area contributed by atoms with Crippen LogP contribution in [0.3, 0.4) is 0 Å². The molecule has 7 nitrogen and oxygen atoms in total. The first-order chi connectivity index (χ1) is 12.0. The van der Waals surface area contributed by atoms with Crippen molar-refractivity contribution in [1.82, 2.24) is 14.8 Å². The smallest absolute Gasteiger partial charge is 0.311 e. The minimum Gasteiger partial charge on any atom is -0.481 e. The molecule has 1 aliphatic heterocycles.